The van der Waals surface area contributed by atoms with Crippen molar-refractivity contribution in [1.82, 2.24) is 14.7 Å². The Labute approximate surface area is 271 Å². The number of amides is 3. The Kier molecular flexibility index (Phi) is 9.39. The second kappa shape index (κ2) is 13.3. The van der Waals surface area contributed by atoms with Gasteiger partial charge in [-0.2, -0.15) is 0 Å². The third-order valence-corrected chi connectivity index (χ3v) is 11.0. The number of aliphatic hydroxyl groups excluding tert-OH is 1. The minimum absolute atomic E-state index is 0.00169. The SMILES string of the molecule is CC[C@@H](CO)N1C(=O)[C@H]2[C@@H]3C(=O)O[C@H](c4ccccc4)[C@@H](C)N(C)C(=O)CC/C=C\CN(C4CCCCC4)C(=O)[C@H]1[C@@]21C=C[C@@H]3O1. The van der Waals surface area contributed by atoms with Crippen molar-refractivity contribution >= 4 is 23.7 Å². The molecule has 6 rings (SSSR count). The lowest BCUT2D eigenvalue weighted by Crippen LogP contribution is -2.60. The summed E-state index contributed by atoms with van der Waals surface area (Å²) in [5.41, 5.74) is -0.618. The molecule has 0 radical (unpaired) electrons. The van der Waals surface area contributed by atoms with Crippen molar-refractivity contribution in [2.24, 2.45) is 11.8 Å². The lowest BCUT2D eigenvalue weighted by molar-refractivity contribution is -0.164. The number of cyclic esters (lactones) is 1. The number of aliphatic hydroxyl groups is 1. The smallest absolute Gasteiger partial charge is 0.313 e. The minimum atomic E-state index is -1.35. The van der Waals surface area contributed by atoms with Gasteiger partial charge in [-0.05, 0) is 38.2 Å². The van der Waals surface area contributed by atoms with E-state index in [-0.39, 0.29) is 36.8 Å². The van der Waals surface area contributed by atoms with Crippen LogP contribution in [-0.4, -0.2) is 99.6 Å². The molecule has 1 aliphatic carbocycles. The molecular formula is C36H47N3O7. The van der Waals surface area contributed by atoms with Crippen molar-refractivity contribution in [3.8, 4) is 0 Å². The number of esters is 1. The summed E-state index contributed by atoms with van der Waals surface area (Å²) in [5.74, 6) is -3.23. The molecule has 4 aliphatic heterocycles. The average molecular weight is 634 g/mol. The molecule has 1 saturated carbocycles. The summed E-state index contributed by atoms with van der Waals surface area (Å²) in [6.45, 7) is 3.77. The van der Waals surface area contributed by atoms with E-state index >= 15 is 0 Å². The Morgan fingerprint density at radius 1 is 1.02 bits per heavy atom. The second-order valence-corrected chi connectivity index (χ2v) is 13.5. The molecule has 8 atom stereocenters. The lowest BCUT2D eigenvalue weighted by Gasteiger charge is -2.41. The summed E-state index contributed by atoms with van der Waals surface area (Å²) in [6.07, 6.45) is 12.1. The zero-order valence-electron chi connectivity index (χ0n) is 27.1. The zero-order chi connectivity index (χ0) is 32.6. The van der Waals surface area contributed by atoms with Crippen LogP contribution in [0, 0.1) is 11.8 Å². The first-order valence-electron chi connectivity index (χ1n) is 17.0. The van der Waals surface area contributed by atoms with Crippen molar-refractivity contribution in [3.05, 3.63) is 60.2 Å². The van der Waals surface area contributed by atoms with E-state index in [0.29, 0.717) is 19.4 Å². The highest BCUT2D eigenvalue weighted by atomic mass is 16.6. The average Bonchev–Trinajstić information content (AvgIpc) is 3.73. The molecule has 4 heterocycles. The van der Waals surface area contributed by atoms with E-state index in [4.69, 9.17) is 9.47 Å². The number of hydrogen-bond donors (Lipinski definition) is 1. The van der Waals surface area contributed by atoms with Gasteiger partial charge in [-0.15, -0.1) is 0 Å². The van der Waals surface area contributed by atoms with Crippen LogP contribution in [0.5, 0.6) is 0 Å². The highest BCUT2D eigenvalue weighted by Gasteiger charge is 2.74. The van der Waals surface area contributed by atoms with Crippen LogP contribution in [0.25, 0.3) is 0 Å². The summed E-state index contributed by atoms with van der Waals surface area (Å²) in [4.78, 5) is 62.1. The molecule has 0 unspecified atom stereocenters. The molecule has 46 heavy (non-hydrogen) atoms. The maximum Gasteiger partial charge on any atom is 0.313 e. The van der Waals surface area contributed by atoms with Crippen molar-refractivity contribution in [2.75, 3.05) is 20.2 Å². The molecule has 1 aromatic rings. The van der Waals surface area contributed by atoms with Crippen molar-refractivity contribution in [1.29, 1.82) is 0 Å². The summed E-state index contributed by atoms with van der Waals surface area (Å²) in [5, 5.41) is 10.4. The Morgan fingerprint density at radius 3 is 2.46 bits per heavy atom. The number of benzene rings is 1. The first-order valence-corrected chi connectivity index (χ1v) is 17.0. The molecule has 2 saturated heterocycles. The zero-order valence-corrected chi connectivity index (χ0v) is 27.1. The predicted octanol–water partition coefficient (Wildman–Crippen LogP) is 3.55. The second-order valence-electron chi connectivity index (χ2n) is 13.5. The number of carbonyl (C=O) groups excluding carboxylic acids is 4. The standard InChI is InChI=1S/C36H47N3O7/c1-4-25(22-40)39-32-34(43)38(26-16-10-6-11-17-26)21-13-7-12-18-28(41)37(3)23(2)31(24-14-8-5-9-15-24)45-35(44)29-27-19-20-36(32,46-27)30(29)33(39)42/h5,7-9,13-15,19-20,23,25-27,29-32,40H,4,6,10-12,16-18,21-22H2,1-3H3/b13-7-/t23-,25+,27+,29-,30-,31+,32+,36-/m1/s1. The predicted molar refractivity (Wildman–Crippen MR) is 170 cm³/mol. The molecule has 1 spiro atoms. The Balaban J connectivity index is 1.45. The van der Waals surface area contributed by atoms with E-state index in [1.54, 1.807) is 18.0 Å². The fourth-order valence-corrected chi connectivity index (χ4v) is 8.34. The maximum absolute atomic E-state index is 14.9. The third kappa shape index (κ3) is 5.47. The summed E-state index contributed by atoms with van der Waals surface area (Å²) in [7, 11) is 1.72. The van der Waals surface area contributed by atoms with Gasteiger partial charge in [0.15, 0.2) is 0 Å². The minimum Gasteiger partial charge on any atom is -0.455 e. The Morgan fingerprint density at radius 2 is 1.76 bits per heavy atom. The number of allylic oxidation sites excluding steroid dienone is 1. The summed E-state index contributed by atoms with van der Waals surface area (Å²) < 4.78 is 12.9. The Bertz CT molecular complexity index is 1370. The fraction of sp³-hybridized carbons (Fsp3) is 0.611. The Hall–Kier alpha value is -3.50. The molecular weight excluding hydrogens is 586 g/mol. The first kappa shape index (κ1) is 32.4. The van der Waals surface area contributed by atoms with E-state index in [1.165, 1.54) is 4.90 Å². The van der Waals surface area contributed by atoms with E-state index in [0.717, 1.165) is 37.7 Å². The van der Waals surface area contributed by atoms with Crippen LogP contribution < -0.4 is 0 Å². The molecule has 248 valence electrons. The molecule has 10 heteroatoms. The van der Waals surface area contributed by atoms with Gasteiger partial charge in [0.05, 0.1) is 30.7 Å². The number of hydrogen-bond acceptors (Lipinski definition) is 7. The number of fused-ring (bicyclic) bond motifs is 2. The van der Waals surface area contributed by atoms with Gasteiger partial charge >= 0.3 is 5.97 Å². The number of carbonyl (C=O) groups is 4. The van der Waals surface area contributed by atoms with E-state index < -0.39 is 53.7 Å². The van der Waals surface area contributed by atoms with Crippen LogP contribution in [0.1, 0.15) is 76.9 Å². The molecule has 1 aromatic carbocycles. The number of nitrogens with zero attached hydrogens (tertiary/aromatic N) is 3. The quantitative estimate of drug-likeness (QED) is 0.390. The summed E-state index contributed by atoms with van der Waals surface area (Å²) in [6, 6.07) is 7.18. The highest BCUT2D eigenvalue weighted by molar-refractivity contribution is 5.99. The maximum atomic E-state index is 14.9. The third-order valence-electron chi connectivity index (χ3n) is 11.0. The first-order chi connectivity index (χ1) is 22.2. The molecule has 5 bridgehead atoms. The van der Waals surface area contributed by atoms with Crippen molar-refractivity contribution < 1.29 is 33.8 Å². The van der Waals surface area contributed by atoms with Crippen LogP contribution in [-0.2, 0) is 28.7 Å². The highest BCUT2D eigenvalue weighted by Crippen LogP contribution is 2.56. The van der Waals surface area contributed by atoms with Gasteiger partial charge in [0.2, 0.25) is 17.7 Å². The van der Waals surface area contributed by atoms with E-state index in [9.17, 15) is 24.3 Å². The summed E-state index contributed by atoms with van der Waals surface area (Å²) >= 11 is 0. The molecule has 5 aliphatic rings. The van der Waals surface area contributed by atoms with Crippen LogP contribution in [0.15, 0.2) is 54.6 Å². The fourth-order valence-electron chi connectivity index (χ4n) is 8.34. The number of rotatable bonds is 5. The topological polar surface area (TPSA) is 117 Å². The van der Waals surface area contributed by atoms with Gasteiger partial charge in [0.1, 0.15) is 23.7 Å². The number of likely N-dealkylation sites (N-methyl/N-ethyl adjacent to an activating group) is 1. The van der Waals surface area contributed by atoms with Gasteiger partial charge in [-0.1, -0.05) is 80.8 Å². The van der Waals surface area contributed by atoms with Gasteiger partial charge in [-0.3, -0.25) is 19.2 Å². The van der Waals surface area contributed by atoms with Gasteiger partial charge in [-0.25, -0.2) is 0 Å². The van der Waals surface area contributed by atoms with Crippen LogP contribution >= 0.6 is 0 Å². The van der Waals surface area contributed by atoms with E-state index in [1.807, 2.05) is 67.3 Å². The largest absolute Gasteiger partial charge is 0.455 e. The normalized spacial score (nSPS) is 35.4. The molecule has 10 nitrogen and oxygen atoms in total. The van der Waals surface area contributed by atoms with Gasteiger partial charge in [0, 0.05) is 26.1 Å². The van der Waals surface area contributed by atoms with Gasteiger partial charge < -0.3 is 29.3 Å². The van der Waals surface area contributed by atoms with Crippen LogP contribution in [0.4, 0.5) is 0 Å². The lowest BCUT2D eigenvalue weighted by atomic mass is 9.74. The van der Waals surface area contributed by atoms with Crippen molar-refractivity contribution in [2.45, 2.75) is 107 Å². The van der Waals surface area contributed by atoms with Crippen LogP contribution in [0.2, 0.25) is 0 Å². The number of likely N-dealkylation sites (tertiary alicyclic amines) is 1. The van der Waals surface area contributed by atoms with Crippen molar-refractivity contribution in [3.63, 3.8) is 0 Å². The van der Waals surface area contributed by atoms with E-state index in [2.05, 4.69) is 0 Å². The van der Waals surface area contributed by atoms with Crippen LogP contribution in [0.3, 0.4) is 0 Å². The molecule has 3 fully saturated rings. The van der Waals surface area contributed by atoms with Gasteiger partial charge in [0.25, 0.3) is 0 Å². The molecule has 3 amide bonds. The molecule has 0 aromatic heterocycles. The monoisotopic (exact) mass is 633 g/mol. The molecule has 1 N–H and O–H groups in total. The number of ether oxygens (including phenoxy) is 2.